The van der Waals surface area contributed by atoms with Crippen molar-refractivity contribution in [3.05, 3.63) is 58.2 Å². The molecule has 1 aromatic heterocycles. The molecule has 0 saturated heterocycles. The number of ether oxygens (including phenoxy) is 3. The van der Waals surface area contributed by atoms with Gasteiger partial charge in [-0.1, -0.05) is 19.3 Å². The summed E-state index contributed by atoms with van der Waals surface area (Å²) >= 11 is 1.63. The van der Waals surface area contributed by atoms with Gasteiger partial charge in [-0.25, -0.2) is 4.68 Å². The Hall–Kier alpha value is -3.06. The molecule has 2 aromatic carbocycles. The van der Waals surface area contributed by atoms with Gasteiger partial charge in [-0.05, 0) is 60.9 Å². The predicted molar refractivity (Wildman–Crippen MR) is 129 cm³/mol. The average molecular weight is 452 g/mol. The molecule has 0 spiro atoms. The van der Waals surface area contributed by atoms with Crippen LogP contribution >= 0.6 is 11.3 Å². The maximum atomic E-state index is 5.43. The van der Waals surface area contributed by atoms with Crippen molar-refractivity contribution < 1.29 is 14.2 Å². The van der Waals surface area contributed by atoms with Crippen LogP contribution in [0.25, 0.3) is 11.3 Å². The fourth-order valence-electron chi connectivity index (χ4n) is 3.88. The first kappa shape index (κ1) is 22.1. The molecule has 1 fully saturated rings. The zero-order chi connectivity index (χ0) is 22.3. The van der Waals surface area contributed by atoms with E-state index in [2.05, 4.69) is 5.38 Å². The van der Waals surface area contributed by atoms with Crippen LogP contribution in [0.1, 0.15) is 37.7 Å². The van der Waals surface area contributed by atoms with Crippen molar-refractivity contribution in [1.82, 2.24) is 4.68 Å². The Bertz CT molecular complexity index is 1130. The van der Waals surface area contributed by atoms with Crippen LogP contribution in [0, 0.1) is 0 Å². The van der Waals surface area contributed by atoms with Crippen LogP contribution in [0.4, 0.5) is 0 Å². The van der Waals surface area contributed by atoms with Gasteiger partial charge in [-0.3, -0.25) is 4.99 Å². The zero-order valence-corrected chi connectivity index (χ0v) is 19.6. The lowest BCUT2D eigenvalue weighted by atomic mass is 9.96. The summed E-state index contributed by atoms with van der Waals surface area (Å²) in [5, 5.41) is 6.95. The highest BCUT2D eigenvalue weighted by atomic mass is 32.1. The van der Waals surface area contributed by atoms with Crippen molar-refractivity contribution in [2.45, 2.75) is 38.1 Å². The van der Waals surface area contributed by atoms with E-state index < -0.39 is 0 Å². The van der Waals surface area contributed by atoms with Gasteiger partial charge in [-0.15, -0.1) is 11.3 Å². The highest BCUT2D eigenvalue weighted by Crippen LogP contribution is 2.27. The summed E-state index contributed by atoms with van der Waals surface area (Å²) in [5.41, 5.74) is 2.99. The summed E-state index contributed by atoms with van der Waals surface area (Å²) in [6.45, 7) is 0. The molecule has 3 aromatic rings. The molecule has 0 aliphatic heterocycles. The van der Waals surface area contributed by atoms with E-state index in [9.17, 15) is 0 Å². The number of thiazole rings is 1. The van der Waals surface area contributed by atoms with Crippen LogP contribution in [0.5, 0.6) is 17.2 Å². The minimum atomic E-state index is 0.369. The lowest BCUT2D eigenvalue weighted by Gasteiger charge is -2.16. The van der Waals surface area contributed by atoms with E-state index in [1.54, 1.807) is 32.7 Å². The summed E-state index contributed by atoms with van der Waals surface area (Å²) in [4.78, 5) is 5.99. The summed E-state index contributed by atoms with van der Waals surface area (Å²) in [5.74, 6) is 2.20. The number of hydrogen-bond acceptors (Lipinski definition) is 6. The molecule has 1 heterocycles. The van der Waals surface area contributed by atoms with Crippen molar-refractivity contribution in [2.75, 3.05) is 21.3 Å². The standard InChI is InChI=1S/C25H29N3O3S/c1-29-21-12-10-19(11-13-21)22-17-32-25(27-20-7-5-4-6-8-20)28(22)26-16-18-9-14-23(30-2)24(15-18)31-3/h9-17,20H,4-8H2,1-3H3. The molecule has 1 aliphatic carbocycles. The molecule has 0 radical (unpaired) electrons. The molecule has 0 N–H and O–H groups in total. The molecule has 4 rings (SSSR count). The number of nitrogens with zero attached hydrogens (tertiary/aromatic N) is 3. The Morgan fingerprint density at radius 3 is 2.34 bits per heavy atom. The SMILES string of the molecule is COc1ccc(-c2csc(=NC3CCCCC3)n2N=Cc2ccc(OC)c(OC)c2)cc1. The highest BCUT2D eigenvalue weighted by Gasteiger charge is 2.14. The van der Waals surface area contributed by atoms with Gasteiger partial charge >= 0.3 is 0 Å². The summed E-state index contributed by atoms with van der Waals surface area (Å²) in [7, 11) is 4.94. The molecule has 0 unspecified atom stereocenters. The van der Waals surface area contributed by atoms with Gasteiger partial charge in [0.2, 0.25) is 4.80 Å². The Labute approximate surface area is 192 Å². The second kappa shape index (κ2) is 10.5. The van der Waals surface area contributed by atoms with Gasteiger partial charge in [0.05, 0.1) is 39.3 Å². The first-order valence-corrected chi connectivity index (χ1v) is 11.7. The van der Waals surface area contributed by atoms with E-state index in [0.29, 0.717) is 17.5 Å². The lowest BCUT2D eigenvalue weighted by molar-refractivity contribution is 0.355. The minimum Gasteiger partial charge on any atom is -0.497 e. The number of hydrogen-bond donors (Lipinski definition) is 0. The number of methoxy groups -OCH3 is 3. The second-order valence-corrected chi connectivity index (χ2v) is 8.56. The van der Waals surface area contributed by atoms with Crippen molar-refractivity contribution in [3.8, 4) is 28.5 Å². The molecule has 1 aliphatic rings. The van der Waals surface area contributed by atoms with Crippen LogP contribution < -0.4 is 19.0 Å². The van der Waals surface area contributed by atoms with E-state index in [4.69, 9.17) is 24.3 Å². The summed E-state index contributed by atoms with van der Waals surface area (Å²) in [6, 6.07) is 14.2. The van der Waals surface area contributed by atoms with Crippen molar-refractivity contribution in [2.24, 2.45) is 10.1 Å². The third-order valence-corrected chi connectivity index (χ3v) is 6.50. The normalized spacial score (nSPS) is 15.3. The van der Waals surface area contributed by atoms with Gasteiger partial charge in [0.15, 0.2) is 11.5 Å². The maximum Gasteiger partial charge on any atom is 0.206 e. The Kier molecular flexibility index (Phi) is 7.27. The molecule has 0 bridgehead atoms. The smallest absolute Gasteiger partial charge is 0.206 e. The quantitative estimate of drug-likeness (QED) is 0.455. The van der Waals surface area contributed by atoms with Crippen molar-refractivity contribution in [3.63, 3.8) is 0 Å². The minimum absolute atomic E-state index is 0.369. The van der Waals surface area contributed by atoms with E-state index in [-0.39, 0.29) is 0 Å². The monoisotopic (exact) mass is 451 g/mol. The van der Waals surface area contributed by atoms with E-state index >= 15 is 0 Å². The number of aromatic nitrogens is 1. The molecular weight excluding hydrogens is 422 g/mol. The first-order valence-electron chi connectivity index (χ1n) is 10.9. The van der Waals surface area contributed by atoms with Crippen LogP contribution in [0.15, 0.2) is 57.9 Å². The maximum absolute atomic E-state index is 5.43. The Morgan fingerprint density at radius 1 is 0.906 bits per heavy atom. The van der Waals surface area contributed by atoms with E-state index in [1.807, 2.05) is 53.4 Å². The van der Waals surface area contributed by atoms with E-state index in [1.165, 1.54) is 19.3 Å². The molecule has 6 nitrogen and oxygen atoms in total. The molecule has 32 heavy (non-hydrogen) atoms. The average Bonchev–Trinajstić information content (AvgIpc) is 3.25. The molecule has 0 amide bonds. The van der Waals surface area contributed by atoms with Crippen LogP contribution in [-0.2, 0) is 0 Å². The second-order valence-electron chi connectivity index (χ2n) is 7.72. The third-order valence-electron chi connectivity index (χ3n) is 5.67. The van der Waals surface area contributed by atoms with Crippen LogP contribution in [0.3, 0.4) is 0 Å². The molecule has 168 valence electrons. The summed E-state index contributed by atoms with van der Waals surface area (Å²) < 4.78 is 18.0. The molecule has 1 saturated carbocycles. The molecular formula is C25H29N3O3S. The third kappa shape index (κ3) is 5.05. The fraction of sp³-hybridized carbons (Fsp3) is 0.360. The van der Waals surface area contributed by atoms with Crippen LogP contribution in [0.2, 0.25) is 0 Å². The predicted octanol–water partition coefficient (Wildman–Crippen LogP) is 5.36. The Morgan fingerprint density at radius 2 is 1.66 bits per heavy atom. The van der Waals surface area contributed by atoms with Crippen molar-refractivity contribution >= 4 is 17.6 Å². The lowest BCUT2D eigenvalue weighted by Crippen LogP contribution is -2.19. The number of rotatable bonds is 7. The van der Waals surface area contributed by atoms with Crippen LogP contribution in [-0.4, -0.2) is 38.3 Å². The van der Waals surface area contributed by atoms with Gasteiger partial charge < -0.3 is 14.2 Å². The van der Waals surface area contributed by atoms with Gasteiger partial charge in [-0.2, -0.15) is 5.10 Å². The molecule has 7 heteroatoms. The fourth-order valence-corrected chi connectivity index (χ4v) is 4.79. The van der Waals surface area contributed by atoms with E-state index in [0.717, 1.165) is 40.2 Å². The Balaban J connectivity index is 1.74. The highest BCUT2D eigenvalue weighted by molar-refractivity contribution is 7.07. The number of benzene rings is 2. The topological polar surface area (TPSA) is 57.3 Å². The zero-order valence-electron chi connectivity index (χ0n) is 18.8. The van der Waals surface area contributed by atoms with Gasteiger partial charge in [0, 0.05) is 10.9 Å². The van der Waals surface area contributed by atoms with Gasteiger partial charge in [0.1, 0.15) is 5.75 Å². The first-order chi connectivity index (χ1) is 15.7. The van der Waals surface area contributed by atoms with Crippen molar-refractivity contribution in [1.29, 1.82) is 0 Å². The van der Waals surface area contributed by atoms with Gasteiger partial charge in [0.25, 0.3) is 0 Å². The summed E-state index contributed by atoms with van der Waals surface area (Å²) in [6.07, 6.45) is 7.94. The molecule has 0 atom stereocenters. The largest absolute Gasteiger partial charge is 0.497 e.